The van der Waals surface area contributed by atoms with Gasteiger partial charge in [0.15, 0.2) is 0 Å². The third kappa shape index (κ3) is 1.80. The number of nitrogen functional groups attached to an aromatic ring is 1. The number of aromatic nitrogens is 2. The van der Waals surface area contributed by atoms with Crippen LogP contribution in [0.2, 0.25) is 0 Å². The lowest BCUT2D eigenvalue weighted by Crippen LogP contribution is -2.14. The number of anilines is 1. The highest BCUT2D eigenvalue weighted by Gasteiger charge is 2.06. The highest BCUT2D eigenvalue weighted by molar-refractivity contribution is 5.85. The molecule has 0 amide bonds. The Morgan fingerprint density at radius 3 is 2.57 bits per heavy atom. The molecule has 2 rings (SSSR count). The predicted molar refractivity (Wildman–Crippen MR) is 56.6 cm³/mol. The van der Waals surface area contributed by atoms with E-state index < -0.39 is 5.69 Å². The summed E-state index contributed by atoms with van der Waals surface area (Å²) < 4.78 is 0. The van der Waals surface area contributed by atoms with Gasteiger partial charge in [-0.3, -0.25) is 0 Å². The average molecular weight is 210 g/mol. The van der Waals surface area contributed by atoms with E-state index in [4.69, 9.17) is 5.73 Å². The van der Waals surface area contributed by atoms with Gasteiger partial charge in [-0.15, -0.1) is 12.4 Å². The fourth-order valence-corrected chi connectivity index (χ4v) is 1.14. The molecule has 0 fully saturated rings. The van der Waals surface area contributed by atoms with E-state index in [1.54, 1.807) is 18.2 Å². The monoisotopic (exact) mass is 209 g/mol. The molecule has 5 heteroatoms. The maximum absolute atomic E-state index is 10.9. The Hall–Kier alpha value is -1.68. The zero-order chi connectivity index (χ0) is 9.26. The third-order valence-corrected chi connectivity index (χ3v) is 1.72. The van der Waals surface area contributed by atoms with Gasteiger partial charge in [-0.1, -0.05) is 18.2 Å². The molecule has 0 bridgehead atoms. The molecular formula is C9H8ClN3O. The average Bonchev–Trinajstić information content (AvgIpc) is 2.28. The normalized spacial score (nSPS) is 9.43. The van der Waals surface area contributed by atoms with E-state index in [1.807, 2.05) is 12.1 Å². The first-order chi connectivity index (χ1) is 6.27. The topological polar surface area (TPSA) is 68.9 Å². The Labute approximate surface area is 86.6 Å². The van der Waals surface area contributed by atoms with Crippen molar-refractivity contribution in [3.63, 3.8) is 0 Å². The SMILES string of the molecule is Cl.Nc1nc(=O)nc2cccccc1-2. The summed E-state index contributed by atoms with van der Waals surface area (Å²) in [5.74, 6) is 0.228. The van der Waals surface area contributed by atoms with Crippen LogP contribution in [0.5, 0.6) is 0 Å². The molecule has 1 aliphatic heterocycles. The Morgan fingerprint density at radius 1 is 1.07 bits per heavy atom. The van der Waals surface area contributed by atoms with E-state index in [0.717, 1.165) is 0 Å². The van der Waals surface area contributed by atoms with Crippen molar-refractivity contribution in [2.75, 3.05) is 5.73 Å². The molecule has 0 unspecified atom stereocenters. The fourth-order valence-electron chi connectivity index (χ4n) is 1.14. The Bertz CT molecular complexity index is 475. The van der Waals surface area contributed by atoms with Crippen molar-refractivity contribution >= 4 is 18.2 Å². The van der Waals surface area contributed by atoms with Crippen LogP contribution < -0.4 is 11.4 Å². The maximum Gasteiger partial charge on any atom is 0.369 e. The van der Waals surface area contributed by atoms with E-state index in [1.165, 1.54) is 0 Å². The van der Waals surface area contributed by atoms with Crippen molar-refractivity contribution in [2.45, 2.75) is 0 Å². The van der Waals surface area contributed by atoms with Crippen LogP contribution in [0.1, 0.15) is 0 Å². The quantitative estimate of drug-likeness (QED) is 0.701. The number of nitrogens with two attached hydrogens (primary N) is 1. The lowest BCUT2D eigenvalue weighted by molar-refractivity contribution is 1.09. The number of fused-ring (bicyclic) bond motifs is 1. The van der Waals surface area contributed by atoms with Crippen LogP contribution in [0.25, 0.3) is 11.3 Å². The van der Waals surface area contributed by atoms with Gasteiger partial charge in [-0.05, 0) is 12.1 Å². The smallest absolute Gasteiger partial charge is 0.369 e. The summed E-state index contributed by atoms with van der Waals surface area (Å²) in [6.07, 6.45) is 0. The summed E-state index contributed by atoms with van der Waals surface area (Å²) in [6.45, 7) is 0. The molecule has 0 aromatic heterocycles. The van der Waals surface area contributed by atoms with Gasteiger partial charge in [0.05, 0.1) is 5.69 Å². The van der Waals surface area contributed by atoms with Gasteiger partial charge in [0, 0.05) is 5.56 Å². The zero-order valence-electron chi connectivity index (χ0n) is 7.18. The Balaban J connectivity index is 0.000000980. The first-order valence-corrected chi connectivity index (χ1v) is 3.80. The molecule has 0 spiro atoms. The highest BCUT2D eigenvalue weighted by Crippen LogP contribution is 2.19. The van der Waals surface area contributed by atoms with Gasteiger partial charge < -0.3 is 5.73 Å². The molecule has 2 aliphatic rings. The van der Waals surface area contributed by atoms with Crippen LogP contribution in [0, 0.1) is 0 Å². The molecular weight excluding hydrogens is 202 g/mol. The molecule has 2 N–H and O–H groups in total. The molecule has 0 aromatic carbocycles. The van der Waals surface area contributed by atoms with E-state index in [2.05, 4.69) is 9.97 Å². The molecule has 0 saturated heterocycles. The molecule has 4 nitrogen and oxygen atoms in total. The zero-order valence-corrected chi connectivity index (χ0v) is 7.99. The van der Waals surface area contributed by atoms with E-state index in [-0.39, 0.29) is 18.2 Å². The predicted octanol–water partition coefficient (Wildman–Crippen LogP) is 0.946. The second-order valence-corrected chi connectivity index (χ2v) is 2.60. The van der Waals surface area contributed by atoms with Crippen LogP contribution in [-0.4, -0.2) is 9.97 Å². The number of nitrogens with zero attached hydrogens (tertiary/aromatic N) is 2. The van der Waals surface area contributed by atoms with E-state index in [9.17, 15) is 4.79 Å². The van der Waals surface area contributed by atoms with Gasteiger partial charge >= 0.3 is 5.69 Å². The lowest BCUT2D eigenvalue weighted by Gasteiger charge is -1.99. The lowest BCUT2D eigenvalue weighted by atomic mass is 10.2. The standard InChI is InChI=1S/C9H7N3O.ClH/c10-8-6-4-2-1-3-5-7(6)11-9(13)12-8;/h1-5H,(H2,10,12,13);1H. The summed E-state index contributed by atoms with van der Waals surface area (Å²) in [4.78, 5) is 18.2. The molecule has 0 atom stereocenters. The first-order valence-electron chi connectivity index (χ1n) is 3.80. The third-order valence-electron chi connectivity index (χ3n) is 1.72. The molecule has 14 heavy (non-hydrogen) atoms. The minimum absolute atomic E-state index is 0. The number of halogens is 1. The number of rotatable bonds is 0. The van der Waals surface area contributed by atoms with Crippen LogP contribution >= 0.6 is 12.4 Å². The minimum Gasteiger partial charge on any atom is -0.383 e. The fraction of sp³-hybridized carbons (Fsp3) is 0. The van der Waals surface area contributed by atoms with Crippen molar-refractivity contribution in [3.05, 3.63) is 40.8 Å². The summed E-state index contributed by atoms with van der Waals surface area (Å²) in [7, 11) is 0. The van der Waals surface area contributed by atoms with Crippen molar-refractivity contribution in [1.29, 1.82) is 0 Å². The van der Waals surface area contributed by atoms with Crippen molar-refractivity contribution in [3.8, 4) is 11.3 Å². The van der Waals surface area contributed by atoms with Gasteiger partial charge in [0.2, 0.25) is 0 Å². The molecule has 1 aliphatic carbocycles. The number of hydrogen-bond donors (Lipinski definition) is 1. The Morgan fingerprint density at radius 2 is 1.79 bits per heavy atom. The summed E-state index contributed by atoms with van der Waals surface area (Å²) in [5, 5.41) is 0. The highest BCUT2D eigenvalue weighted by atomic mass is 35.5. The number of hydrogen-bond acceptors (Lipinski definition) is 4. The minimum atomic E-state index is -0.545. The van der Waals surface area contributed by atoms with Gasteiger partial charge in [-0.2, -0.15) is 9.97 Å². The van der Waals surface area contributed by atoms with Crippen LogP contribution in [0.3, 0.4) is 0 Å². The molecule has 0 radical (unpaired) electrons. The largest absolute Gasteiger partial charge is 0.383 e. The summed E-state index contributed by atoms with van der Waals surface area (Å²) in [6, 6.07) is 8.98. The van der Waals surface area contributed by atoms with Crippen molar-refractivity contribution in [2.24, 2.45) is 0 Å². The van der Waals surface area contributed by atoms with E-state index in [0.29, 0.717) is 11.3 Å². The second kappa shape index (κ2) is 4.02. The van der Waals surface area contributed by atoms with Crippen LogP contribution in [-0.2, 0) is 0 Å². The van der Waals surface area contributed by atoms with E-state index >= 15 is 0 Å². The first kappa shape index (κ1) is 10.4. The molecule has 0 saturated carbocycles. The van der Waals surface area contributed by atoms with Crippen LogP contribution in [0.4, 0.5) is 5.82 Å². The van der Waals surface area contributed by atoms with Gasteiger partial charge in [-0.25, -0.2) is 4.79 Å². The molecule has 0 aromatic rings. The molecule has 72 valence electrons. The molecule has 1 heterocycles. The van der Waals surface area contributed by atoms with Crippen molar-refractivity contribution in [1.82, 2.24) is 9.97 Å². The summed E-state index contributed by atoms with van der Waals surface area (Å²) in [5.41, 5.74) is 6.29. The second-order valence-electron chi connectivity index (χ2n) is 2.60. The summed E-state index contributed by atoms with van der Waals surface area (Å²) >= 11 is 0. The Kier molecular flexibility index (Phi) is 2.99. The maximum atomic E-state index is 10.9. The van der Waals surface area contributed by atoms with Crippen molar-refractivity contribution < 1.29 is 0 Å². The van der Waals surface area contributed by atoms with Gasteiger partial charge in [0.1, 0.15) is 5.82 Å². The van der Waals surface area contributed by atoms with Crippen LogP contribution in [0.15, 0.2) is 35.1 Å². The van der Waals surface area contributed by atoms with Gasteiger partial charge in [0.25, 0.3) is 0 Å².